The normalized spacial score (nSPS) is 18.9. The zero-order chi connectivity index (χ0) is 14.4. The largest absolute Gasteiger partial charge is 0.497 e. The van der Waals surface area contributed by atoms with Crippen LogP contribution in [0.5, 0.6) is 11.5 Å². The van der Waals surface area contributed by atoms with Crippen LogP contribution in [0, 0.1) is 0 Å². The van der Waals surface area contributed by atoms with Crippen LogP contribution in [0.1, 0.15) is 19.3 Å². The molecule has 0 saturated carbocycles. The van der Waals surface area contributed by atoms with E-state index in [-0.39, 0.29) is 6.04 Å². The number of likely N-dealkylation sites (tertiary alicyclic amines) is 1. The summed E-state index contributed by atoms with van der Waals surface area (Å²) in [6, 6.07) is 7.15. The number of hydrogen-bond acceptors (Lipinski definition) is 4. The van der Waals surface area contributed by atoms with Crippen molar-refractivity contribution in [2.75, 3.05) is 26.8 Å². The molecular weight excluding hydrogens is 258 g/mol. The van der Waals surface area contributed by atoms with Crippen molar-refractivity contribution in [1.82, 2.24) is 4.90 Å². The molecule has 1 saturated heterocycles. The van der Waals surface area contributed by atoms with Crippen molar-refractivity contribution >= 4 is 5.97 Å². The van der Waals surface area contributed by atoms with Crippen molar-refractivity contribution in [2.45, 2.75) is 25.3 Å². The molecule has 0 aromatic heterocycles. The smallest absolute Gasteiger partial charge is 0.320 e. The predicted molar refractivity (Wildman–Crippen MR) is 75.3 cm³/mol. The number of methoxy groups -OCH3 is 1. The van der Waals surface area contributed by atoms with Crippen molar-refractivity contribution < 1.29 is 19.4 Å². The molecule has 1 atom stereocenters. The molecule has 1 aromatic carbocycles. The molecule has 1 fully saturated rings. The zero-order valence-electron chi connectivity index (χ0n) is 11.7. The highest BCUT2D eigenvalue weighted by Gasteiger charge is 2.29. The Bertz CT molecular complexity index is 432. The van der Waals surface area contributed by atoms with Gasteiger partial charge in [-0.1, -0.05) is 0 Å². The number of benzene rings is 1. The van der Waals surface area contributed by atoms with Crippen molar-refractivity contribution in [3.63, 3.8) is 0 Å². The lowest BCUT2D eigenvalue weighted by Crippen LogP contribution is -2.36. The lowest BCUT2D eigenvalue weighted by molar-refractivity contribution is -0.142. The van der Waals surface area contributed by atoms with Gasteiger partial charge in [-0.15, -0.1) is 0 Å². The molecule has 1 N–H and O–H groups in total. The minimum atomic E-state index is -0.710. The van der Waals surface area contributed by atoms with Gasteiger partial charge in [0.05, 0.1) is 13.7 Å². The maximum absolute atomic E-state index is 11.0. The molecule has 0 amide bonds. The third kappa shape index (κ3) is 3.87. The summed E-state index contributed by atoms with van der Waals surface area (Å²) < 4.78 is 10.7. The van der Waals surface area contributed by atoms with E-state index in [1.165, 1.54) is 0 Å². The third-order valence-electron chi connectivity index (χ3n) is 3.57. The maximum atomic E-state index is 11.0. The second-order valence-electron chi connectivity index (χ2n) is 4.91. The van der Waals surface area contributed by atoms with Crippen molar-refractivity contribution in [2.24, 2.45) is 0 Å². The molecule has 0 radical (unpaired) electrons. The summed E-state index contributed by atoms with van der Waals surface area (Å²) in [7, 11) is 1.63. The molecule has 0 spiro atoms. The minimum absolute atomic E-state index is 0.309. The minimum Gasteiger partial charge on any atom is -0.497 e. The van der Waals surface area contributed by atoms with Crippen LogP contribution in [-0.2, 0) is 4.79 Å². The van der Waals surface area contributed by atoms with Crippen LogP contribution in [0.4, 0.5) is 0 Å². The number of carboxylic acid groups (broad SMARTS) is 1. The number of nitrogens with zero attached hydrogens (tertiary/aromatic N) is 1. The lowest BCUT2D eigenvalue weighted by atomic mass is 10.2. The lowest BCUT2D eigenvalue weighted by Gasteiger charge is -2.20. The average Bonchev–Trinajstić information content (AvgIpc) is 2.93. The predicted octanol–water partition coefficient (Wildman–Crippen LogP) is 2.01. The van der Waals surface area contributed by atoms with E-state index in [9.17, 15) is 4.79 Å². The van der Waals surface area contributed by atoms with E-state index in [0.717, 1.165) is 43.9 Å². The van der Waals surface area contributed by atoms with Crippen molar-refractivity contribution in [3.8, 4) is 11.5 Å². The van der Waals surface area contributed by atoms with Gasteiger partial charge in [-0.2, -0.15) is 0 Å². The Labute approximate surface area is 119 Å². The molecule has 20 heavy (non-hydrogen) atoms. The third-order valence-corrected chi connectivity index (χ3v) is 3.57. The summed E-state index contributed by atoms with van der Waals surface area (Å²) in [6.07, 6.45) is 2.56. The van der Waals surface area contributed by atoms with Gasteiger partial charge in [0.15, 0.2) is 0 Å². The van der Waals surface area contributed by atoms with E-state index in [2.05, 4.69) is 0 Å². The molecule has 0 bridgehead atoms. The fraction of sp³-hybridized carbons (Fsp3) is 0.533. The molecule has 5 nitrogen and oxygen atoms in total. The standard InChI is InChI=1S/C15H21NO4/c1-19-12-5-7-13(8-6-12)20-11-3-10-16-9-2-4-14(16)15(17)18/h5-8,14H,2-4,9-11H2,1H3,(H,17,18). The molecule has 1 aromatic rings. The van der Waals surface area contributed by atoms with Gasteiger partial charge in [0.25, 0.3) is 0 Å². The molecule has 1 aliphatic rings. The van der Waals surface area contributed by atoms with Gasteiger partial charge in [-0.05, 0) is 50.1 Å². The summed E-state index contributed by atoms with van der Waals surface area (Å²) in [5.74, 6) is 0.902. The van der Waals surface area contributed by atoms with Gasteiger partial charge >= 0.3 is 5.97 Å². The van der Waals surface area contributed by atoms with Gasteiger partial charge in [0.1, 0.15) is 17.5 Å². The Hall–Kier alpha value is -1.75. The van der Waals surface area contributed by atoms with Crippen LogP contribution >= 0.6 is 0 Å². The summed E-state index contributed by atoms with van der Waals surface area (Å²) in [4.78, 5) is 13.1. The van der Waals surface area contributed by atoms with Gasteiger partial charge in [-0.25, -0.2) is 0 Å². The van der Waals surface area contributed by atoms with Crippen LogP contribution in [0.3, 0.4) is 0 Å². The Morgan fingerprint density at radius 2 is 2.05 bits per heavy atom. The van der Waals surface area contributed by atoms with E-state index in [4.69, 9.17) is 14.6 Å². The monoisotopic (exact) mass is 279 g/mol. The van der Waals surface area contributed by atoms with Gasteiger partial charge in [0, 0.05) is 6.54 Å². The number of aliphatic carboxylic acids is 1. The highest BCUT2D eigenvalue weighted by atomic mass is 16.5. The number of ether oxygens (including phenoxy) is 2. The molecule has 0 aliphatic carbocycles. The summed E-state index contributed by atoms with van der Waals surface area (Å²) >= 11 is 0. The SMILES string of the molecule is COc1ccc(OCCCN2CCCC2C(=O)O)cc1. The molecule has 2 rings (SSSR count). The highest BCUT2D eigenvalue weighted by molar-refractivity contribution is 5.73. The van der Waals surface area contributed by atoms with E-state index in [0.29, 0.717) is 6.61 Å². The second-order valence-corrected chi connectivity index (χ2v) is 4.91. The topological polar surface area (TPSA) is 59.0 Å². The maximum Gasteiger partial charge on any atom is 0.320 e. The first-order chi connectivity index (χ1) is 9.70. The first-order valence-corrected chi connectivity index (χ1v) is 6.94. The summed E-state index contributed by atoms with van der Waals surface area (Å²) in [5.41, 5.74) is 0. The molecular formula is C15H21NO4. The van der Waals surface area contributed by atoms with Gasteiger partial charge < -0.3 is 14.6 Å². The van der Waals surface area contributed by atoms with E-state index < -0.39 is 5.97 Å². The van der Waals surface area contributed by atoms with Gasteiger partial charge in [-0.3, -0.25) is 9.69 Å². The fourth-order valence-corrected chi connectivity index (χ4v) is 2.50. The Morgan fingerprint density at radius 3 is 2.70 bits per heavy atom. The second kappa shape index (κ2) is 7.14. The molecule has 1 aliphatic heterocycles. The van der Waals surface area contributed by atoms with Crippen LogP contribution in [0.25, 0.3) is 0 Å². The first-order valence-electron chi connectivity index (χ1n) is 6.94. The summed E-state index contributed by atoms with van der Waals surface area (Å²) in [5, 5.41) is 9.08. The summed E-state index contributed by atoms with van der Waals surface area (Å²) in [6.45, 7) is 2.24. The van der Waals surface area contributed by atoms with E-state index in [1.807, 2.05) is 29.2 Å². The average molecular weight is 279 g/mol. The Kier molecular flexibility index (Phi) is 5.24. The zero-order valence-corrected chi connectivity index (χ0v) is 11.7. The van der Waals surface area contributed by atoms with Crippen LogP contribution < -0.4 is 9.47 Å². The number of hydrogen-bond donors (Lipinski definition) is 1. The first kappa shape index (κ1) is 14.7. The molecule has 1 heterocycles. The Morgan fingerprint density at radius 1 is 1.35 bits per heavy atom. The van der Waals surface area contributed by atoms with Crippen LogP contribution in [0.15, 0.2) is 24.3 Å². The quantitative estimate of drug-likeness (QED) is 0.774. The Balaban J connectivity index is 1.69. The highest BCUT2D eigenvalue weighted by Crippen LogP contribution is 2.19. The molecule has 110 valence electrons. The van der Waals surface area contributed by atoms with Crippen molar-refractivity contribution in [3.05, 3.63) is 24.3 Å². The van der Waals surface area contributed by atoms with Crippen LogP contribution in [0.2, 0.25) is 0 Å². The number of carboxylic acids is 1. The molecule has 1 unspecified atom stereocenters. The van der Waals surface area contributed by atoms with E-state index >= 15 is 0 Å². The van der Waals surface area contributed by atoms with Crippen molar-refractivity contribution in [1.29, 1.82) is 0 Å². The van der Waals surface area contributed by atoms with Gasteiger partial charge in [0.2, 0.25) is 0 Å². The molecule has 5 heteroatoms. The van der Waals surface area contributed by atoms with Crippen LogP contribution in [-0.4, -0.2) is 48.8 Å². The van der Waals surface area contributed by atoms with E-state index in [1.54, 1.807) is 7.11 Å². The number of carbonyl (C=O) groups is 1. The fourth-order valence-electron chi connectivity index (χ4n) is 2.50. The number of rotatable bonds is 7.